The van der Waals surface area contributed by atoms with Crippen LogP contribution in [0.4, 0.5) is 4.39 Å². The monoisotopic (exact) mass is 330 g/mol. The lowest BCUT2D eigenvalue weighted by Crippen LogP contribution is -1.99. The highest BCUT2D eigenvalue weighted by Crippen LogP contribution is 2.31. The van der Waals surface area contributed by atoms with Crippen molar-refractivity contribution >= 4 is 11.8 Å². The van der Waals surface area contributed by atoms with Crippen LogP contribution in [-0.4, -0.2) is 16.0 Å². The molecule has 4 nitrogen and oxygen atoms in total. The molecule has 2 aromatic carbocycles. The standard InChI is InChI=1S/C17H15FN2O2S/c1-2-23-17-20-19-16(22-17)13-8-4-6-10-15(13)21-11-12-7-3-5-9-14(12)18/h3-10H,2,11H2,1H3. The molecule has 23 heavy (non-hydrogen) atoms. The number of hydrogen-bond donors (Lipinski definition) is 0. The molecule has 0 radical (unpaired) electrons. The average molecular weight is 330 g/mol. The Morgan fingerprint density at radius 1 is 1.09 bits per heavy atom. The predicted molar refractivity (Wildman–Crippen MR) is 86.9 cm³/mol. The van der Waals surface area contributed by atoms with E-state index in [2.05, 4.69) is 10.2 Å². The summed E-state index contributed by atoms with van der Waals surface area (Å²) in [4.78, 5) is 0. The van der Waals surface area contributed by atoms with Gasteiger partial charge >= 0.3 is 0 Å². The minimum atomic E-state index is -0.288. The molecule has 0 aliphatic rings. The minimum Gasteiger partial charge on any atom is -0.488 e. The molecule has 0 amide bonds. The van der Waals surface area contributed by atoms with Gasteiger partial charge in [-0.1, -0.05) is 49.0 Å². The average Bonchev–Trinajstić information content (AvgIpc) is 3.03. The molecule has 3 aromatic rings. The van der Waals surface area contributed by atoms with Gasteiger partial charge in [0.05, 0.1) is 5.56 Å². The Hall–Kier alpha value is -2.34. The van der Waals surface area contributed by atoms with Crippen LogP contribution in [0.3, 0.4) is 0 Å². The van der Waals surface area contributed by atoms with Crippen molar-refractivity contribution in [2.75, 3.05) is 5.75 Å². The number of hydrogen-bond acceptors (Lipinski definition) is 5. The highest BCUT2D eigenvalue weighted by molar-refractivity contribution is 7.99. The van der Waals surface area contributed by atoms with Crippen molar-refractivity contribution in [2.45, 2.75) is 18.8 Å². The maximum Gasteiger partial charge on any atom is 0.276 e. The molecule has 0 atom stereocenters. The van der Waals surface area contributed by atoms with Crippen LogP contribution < -0.4 is 4.74 Å². The fraction of sp³-hybridized carbons (Fsp3) is 0.176. The number of thioether (sulfide) groups is 1. The summed E-state index contributed by atoms with van der Waals surface area (Å²) >= 11 is 1.48. The zero-order valence-electron chi connectivity index (χ0n) is 12.5. The molecule has 3 rings (SSSR count). The molecule has 0 aliphatic heterocycles. The van der Waals surface area contributed by atoms with Crippen LogP contribution in [0, 0.1) is 5.82 Å². The van der Waals surface area contributed by atoms with Crippen LogP contribution in [-0.2, 0) is 6.61 Å². The molecule has 0 unspecified atom stereocenters. The zero-order valence-corrected chi connectivity index (χ0v) is 13.3. The summed E-state index contributed by atoms with van der Waals surface area (Å²) < 4.78 is 25.0. The second-order valence-electron chi connectivity index (χ2n) is 4.68. The first-order valence-electron chi connectivity index (χ1n) is 7.20. The van der Waals surface area contributed by atoms with Crippen LogP contribution in [0.2, 0.25) is 0 Å². The predicted octanol–water partition coefficient (Wildman–Crippen LogP) is 4.57. The number of aromatic nitrogens is 2. The van der Waals surface area contributed by atoms with Crippen LogP contribution in [0.25, 0.3) is 11.5 Å². The van der Waals surface area contributed by atoms with Crippen LogP contribution in [0.15, 0.2) is 58.2 Å². The highest BCUT2D eigenvalue weighted by Gasteiger charge is 2.14. The molecule has 1 heterocycles. The molecule has 0 aliphatic carbocycles. The maximum absolute atomic E-state index is 13.7. The van der Waals surface area contributed by atoms with E-state index in [1.165, 1.54) is 17.8 Å². The van der Waals surface area contributed by atoms with E-state index in [-0.39, 0.29) is 12.4 Å². The third-order valence-corrected chi connectivity index (χ3v) is 3.83. The number of halogens is 1. The fourth-order valence-electron chi connectivity index (χ4n) is 2.04. The molecule has 6 heteroatoms. The van der Waals surface area contributed by atoms with Gasteiger partial charge in [-0.3, -0.25) is 0 Å². The Bertz CT molecular complexity index is 792. The molecule has 0 spiro atoms. The molecule has 0 bridgehead atoms. The van der Waals surface area contributed by atoms with Gasteiger partial charge < -0.3 is 9.15 Å². The van der Waals surface area contributed by atoms with Gasteiger partial charge in [-0.05, 0) is 24.0 Å². The Morgan fingerprint density at radius 2 is 1.87 bits per heavy atom. The first kappa shape index (κ1) is 15.6. The van der Waals surface area contributed by atoms with Gasteiger partial charge in [0, 0.05) is 5.56 Å². The summed E-state index contributed by atoms with van der Waals surface area (Å²) in [6.07, 6.45) is 0. The number of rotatable bonds is 6. The van der Waals surface area contributed by atoms with Gasteiger partial charge in [0.25, 0.3) is 11.1 Å². The van der Waals surface area contributed by atoms with Gasteiger partial charge in [-0.25, -0.2) is 4.39 Å². The van der Waals surface area contributed by atoms with Gasteiger partial charge in [0.15, 0.2) is 0 Å². The lowest BCUT2D eigenvalue weighted by atomic mass is 10.2. The topological polar surface area (TPSA) is 48.2 Å². The smallest absolute Gasteiger partial charge is 0.276 e. The van der Waals surface area contributed by atoms with E-state index >= 15 is 0 Å². The van der Waals surface area contributed by atoms with Gasteiger partial charge in [0.1, 0.15) is 18.2 Å². The fourth-order valence-corrected chi connectivity index (χ4v) is 2.52. The van der Waals surface area contributed by atoms with Gasteiger partial charge in [-0.15, -0.1) is 10.2 Å². The summed E-state index contributed by atoms with van der Waals surface area (Å²) in [5.74, 6) is 1.54. The molecular formula is C17H15FN2O2S. The second kappa shape index (κ2) is 7.28. The summed E-state index contributed by atoms with van der Waals surface area (Å²) in [5, 5.41) is 8.55. The first-order valence-corrected chi connectivity index (χ1v) is 8.18. The lowest BCUT2D eigenvalue weighted by molar-refractivity contribution is 0.300. The molecule has 0 saturated heterocycles. The second-order valence-corrected chi connectivity index (χ2v) is 5.90. The Balaban J connectivity index is 1.81. The molecule has 118 valence electrons. The van der Waals surface area contributed by atoms with Crippen LogP contribution in [0.5, 0.6) is 5.75 Å². The summed E-state index contributed by atoms with van der Waals surface area (Å²) in [6.45, 7) is 2.15. The van der Waals surface area contributed by atoms with Gasteiger partial charge in [-0.2, -0.15) is 0 Å². The molecule has 0 fully saturated rings. The number of nitrogens with zero attached hydrogens (tertiary/aromatic N) is 2. The van der Waals surface area contributed by atoms with Gasteiger partial charge in [0.2, 0.25) is 0 Å². The summed E-state index contributed by atoms with van der Waals surface area (Å²) in [6, 6.07) is 13.9. The van der Waals surface area contributed by atoms with E-state index in [1.54, 1.807) is 24.3 Å². The van der Waals surface area contributed by atoms with Crippen molar-refractivity contribution < 1.29 is 13.5 Å². The van der Waals surface area contributed by atoms with E-state index in [9.17, 15) is 4.39 Å². The normalized spacial score (nSPS) is 10.7. The molecule has 0 N–H and O–H groups in total. The first-order chi connectivity index (χ1) is 11.3. The van der Waals surface area contributed by atoms with Crippen molar-refractivity contribution in [2.24, 2.45) is 0 Å². The Morgan fingerprint density at radius 3 is 2.70 bits per heavy atom. The minimum absolute atomic E-state index is 0.133. The largest absolute Gasteiger partial charge is 0.488 e. The van der Waals surface area contributed by atoms with Crippen molar-refractivity contribution in [1.82, 2.24) is 10.2 Å². The van der Waals surface area contributed by atoms with E-state index in [0.717, 1.165) is 5.75 Å². The van der Waals surface area contributed by atoms with E-state index in [1.807, 2.05) is 25.1 Å². The van der Waals surface area contributed by atoms with Crippen molar-refractivity contribution in [1.29, 1.82) is 0 Å². The van der Waals surface area contributed by atoms with Crippen LogP contribution >= 0.6 is 11.8 Å². The summed E-state index contributed by atoms with van der Waals surface area (Å²) in [7, 11) is 0. The van der Waals surface area contributed by atoms with Crippen molar-refractivity contribution in [3.63, 3.8) is 0 Å². The van der Waals surface area contributed by atoms with E-state index in [0.29, 0.717) is 28.0 Å². The van der Waals surface area contributed by atoms with E-state index in [4.69, 9.17) is 9.15 Å². The SMILES string of the molecule is CCSc1nnc(-c2ccccc2OCc2ccccc2F)o1. The third-order valence-electron chi connectivity index (χ3n) is 3.13. The lowest BCUT2D eigenvalue weighted by Gasteiger charge is -2.09. The molecule has 0 saturated carbocycles. The number of benzene rings is 2. The Labute approximate surface area is 137 Å². The third kappa shape index (κ3) is 3.71. The van der Waals surface area contributed by atoms with Crippen molar-refractivity contribution in [3.8, 4) is 17.2 Å². The Kier molecular flexibility index (Phi) is 4.92. The molecule has 1 aromatic heterocycles. The quantitative estimate of drug-likeness (QED) is 0.620. The maximum atomic E-state index is 13.7. The zero-order chi connectivity index (χ0) is 16.1. The summed E-state index contributed by atoms with van der Waals surface area (Å²) in [5.41, 5.74) is 1.19. The van der Waals surface area contributed by atoms with Crippen LogP contribution in [0.1, 0.15) is 12.5 Å². The van der Waals surface area contributed by atoms with Crippen molar-refractivity contribution in [3.05, 3.63) is 59.9 Å². The number of ether oxygens (including phenoxy) is 1. The van der Waals surface area contributed by atoms with E-state index < -0.39 is 0 Å². The number of para-hydroxylation sites is 1. The molecular weight excluding hydrogens is 315 g/mol. The highest BCUT2D eigenvalue weighted by atomic mass is 32.2.